The van der Waals surface area contributed by atoms with Gasteiger partial charge in [-0.25, -0.2) is 0 Å². The molecule has 1 rings (SSSR count). The zero-order valence-electron chi connectivity index (χ0n) is 6.00. The first-order valence-corrected chi connectivity index (χ1v) is 3.43. The number of hydrogen-bond acceptors (Lipinski definition) is 2. The third kappa shape index (κ3) is 1.83. The summed E-state index contributed by atoms with van der Waals surface area (Å²) in [5, 5.41) is 18.0. The maximum Gasteiger partial charge on any atom is 0.306 e. The van der Waals surface area contributed by atoms with Crippen LogP contribution in [0.1, 0.15) is 12.8 Å². The minimum atomic E-state index is -0.758. The van der Waals surface area contributed by atoms with Crippen LogP contribution in [0.5, 0.6) is 0 Å². The van der Waals surface area contributed by atoms with E-state index in [2.05, 4.69) is 5.32 Å². The van der Waals surface area contributed by atoms with Gasteiger partial charge in [0, 0.05) is 6.04 Å². The van der Waals surface area contributed by atoms with Crippen LogP contribution in [0.3, 0.4) is 0 Å². The molecule has 0 aliphatic heterocycles. The fourth-order valence-electron chi connectivity index (χ4n) is 1.16. The number of carbonyl (C=O) groups is 1. The molecule has 1 saturated carbocycles. The van der Waals surface area contributed by atoms with Crippen LogP contribution in [0.2, 0.25) is 0 Å². The Labute approximate surface area is 64.1 Å². The van der Waals surface area contributed by atoms with Gasteiger partial charge in [0.2, 0.25) is 0 Å². The van der Waals surface area contributed by atoms with E-state index < -0.39 is 5.97 Å². The lowest BCUT2D eigenvalue weighted by Gasteiger charge is -2.32. The molecule has 1 fully saturated rings. The van der Waals surface area contributed by atoms with Gasteiger partial charge in [0.05, 0.1) is 5.92 Å². The molecule has 0 bridgehead atoms. The fraction of sp³-hybridized carbons (Fsp3) is 0.667. The average molecular weight is 157 g/mol. The minimum absolute atomic E-state index is 0.0844. The maximum absolute atomic E-state index is 10.3. The number of nitrogens with two attached hydrogens (primary N) is 1. The summed E-state index contributed by atoms with van der Waals surface area (Å²) < 4.78 is 0. The highest BCUT2D eigenvalue weighted by molar-refractivity contribution is 5.76. The first-order valence-electron chi connectivity index (χ1n) is 3.43. The zero-order chi connectivity index (χ0) is 8.43. The molecule has 5 N–H and O–H groups in total. The van der Waals surface area contributed by atoms with Gasteiger partial charge in [-0.05, 0) is 12.8 Å². The molecule has 0 aromatic carbocycles. The van der Waals surface area contributed by atoms with E-state index in [1.54, 1.807) is 0 Å². The monoisotopic (exact) mass is 157 g/mol. The Hall–Kier alpha value is -1.26. The summed E-state index contributed by atoms with van der Waals surface area (Å²) in [7, 11) is 0. The van der Waals surface area contributed by atoms with Crippen molar-refractivity contribution >= 4 is 11.9 Å². The van der Waals surface area contributed by atoms with Crippen molar-refractivity contribution in [2.24, 2.45) is 11.7 Å². The van der Waals surface area contributed by atoms with Crippen molar-refractivity contribution in [1.29, 1.82) is 5.41 Å². The van der Waals surface area contributed by atoms with Crippen LogP contribution in [-0.4, -0.2) is 23.1 Å². The molecule has 0 radical (unpaired) electrons. The highest BCUT2D eigenvalue weighted by atomic mass is 16.4. The molecular weight excluding hydrogens is 146 g/mol. The standard InChI is InChI=1S/C6H11N3O2/c7-6(8)9-4-1-3(2-4)5(10)11/h3-4H,1-2H2,(H,10,11)(H4,7,8,9)/t3-,4+. The van der Waals surface area contributed by atoms with Gasteiger partial charge in [-0.15, -0.1) is 0 Å². The summed E-state index contributed by atoms with van der Waals surface area (Å²) in [5.41, 5.74) is 5.05. The highest BCUT2D eigenvalue weighted by Crippen LogP contribution is 2.26. The summed E-state index contributed by atoms with van der Waals surface area (Å²) in [6.07, 6.45) is 1.16. The van der Waals surface area contributed by atoms with E-state index in [4.69, 9.17) is 16.2 Å². The normalized spacial score (nSPS) is 28.7. The quantitative estimate of drug-likeness (QED) is 0.315. The van der Waals surface area contributed by atoms with E-state index in [1.807, 2.05) is 0 Å². The maximum atomic E-state index is 10.3. The summed E-state index contributed by atoms with van der Waals surface area (Å²) in [4.78, 5) is 10.3. The van der Waals surface area contributed by atoms with E-state index in [9.17, 15) is 4.79 Å². The van der Waals surface area contributed by atoms with Crippen molar-refractivity contribution in [3.8, 4) is 0 Å². The molecule has 0 heterocycles. The predicted molar refractivity (Wildman–Crippen MR) is 39.2 cm³/mol. The third-order valence-electron chi connectivity index (χ3n) is 1.85. The molecule has 0 spiro atoms. The van der Waals surface area contributed by atoms with Gasteiger partial charge in [-0.2, -0.15) is 0 Å². The number of hydrogen-bond donors (Lipinski definition) is 4. The lowest BCUT2D eigenvalue weighted by molar-refractivity contribution is -0.145. The SMILES string of the molecule is N=C(N)N[C@H]1C[C@@H](C(=O)O)C1. The smallest absolute Gasteiger partial charge is 0.306 e. The van der Waals surface area contributed by atoms with Crippen LogP contribution in [0.15, 0.2) is 0 Å². The van der Waals surface area contributed by atoms with Crippen LogP contribution in [0.25, 0.3) is 0 Å². The molecule has 1 aliphatic rings. The second-order valence-electron chi connectivity index (χ2n) is 2.76. The first-order chi connectivity index (χ1) is 5.09. The van der Waals surface area contributed by atoms with Gasteiger partial charge in [0.1, 0.15) is 0 Å². The Balaban J connectivity index is 2.19. The molecule has 62 valence electrons. The molecule has 0 saturated heterocycles. The summed E-state index contributed by atoms with van der Waals surface area (Å²) in [6, 6.07) is 0.0913. The van der Waals surface area contributed by atoms with E-state index in [0.29, 0.717) is 12.8 Å². The van der Waals surface area contributed by atoms with Gasteiger partial charge in [-0.1, -0.05) is 0 Å². The predicted octanol–water partition coefficient (Wildman–Crippen LogP) is -0.667. The van der Waals surface area contributed by atoms with E-state index in [1.165, 1.54) is 0 Å². The van der Waals surface area contributed by atoms with Crippen molar-refractivity contribution in [1.82, 2.24) is 5.32 Å². The Bertz CT molecular complexity index is 186. The molecule has 0 unspecified atom stereocenters. The number of guanidine groups is 1. The van der Waals surface area contributed by atoms with Crippen molar-refractivity contribution in [3.05, 3.63) is 0 Å². The topological polar surface area (TPSA) is 99.2 Å². The lowest BCUT2D eigenvalue weighted by atomic mass is 9.80. The molecule has 1 aliphatic carbocycles. The third-order valence-corrected chi connectivity index (χ3v) is 1.85. The molecule has 5 heteroatoms. The van der Waals surface area contributed by atoms with E-state index in [-0.39, 0.29) is 17.9 Å². The number of carboxylic acid groups (broad SMARTS) is 1. The van der Waals surface area contributed by atoms with Crippen molar-refractivity contribution < 1.29 is 9.90 Å². The van der Waals surface area contributed by atoms with Crippen molar-refractivity contribution in [2.75, 3.05) is 0 Å². The molecule has 0 amide bonds. The van der Waals surface area contributed by atoms with Crippen LogP contribution in [0.4, 0.5) is 0 Å². The van der Waals surface area contributed by atoms with E-state index in [0.717, 1.165) is 0 Å². The fourth-order valence-corrected chi connectivity index (χ4v) is 1.16. The Morgan fingerprint density at radius 3 is 2.55 bits per heavy atom. The Morgan fingerprint density at radius 1 is 1.64 bits per heavy atom. The van der Waals surface area contributed by atoms with Crippen LogP contribution >= 0.6 is 0 Å². The van der Waals surface area contributed by atoms with Crippen LogP contribution in [-0.2, 0) is 4.79 Å². The van der Waals surface area contributed by atoms with Crippen molar-refractivity contribution in [2.45, 2.75) is 18.9 Å². The summed E-state index contributed by atoms with van der Waals surface area (Å²) in [6.45, 7) is 0. The van der Waals surface area contributed by atoms with Crippen LogP contribution < -0.4 is 11.1 Å². The van der Waals surface area contributed by atoms with Crippen molar-refractivity contribution in [3.63, 3.8) is 0 Å². The molecule has 0 aromatic rings. The lowest BCUT2D eigenvalue weighted by Crippen LogP contribution is -2.48. The second kappa shape index (κ2) is 2.77. The van der Waals surface area contributed by atoms with Gasteiger partial charge >= 0.3 is 5.97 Å². The Morgan fingerprint density at radius 2 is 2.18 bits per heavy atom. The molecule has 0 aromatic heterocycles. The number of aliphatic carboxylic acids is 1. The largest absolute Gasteiger partial charge is 0.481 e. The Kier molecular flexibility index (Phi) is 1.98. The van der Waals surface area contributed by atoms with E-state index >= 15 is 0 Å². The summed E-state index contributed by atoms with van der Waals surface area (Å²) in [5.74, 6) is -1.09. The molecular formula is C6H11N3O2. The van der Waals surface area contributed by atoms with Crippen LogP contribution in [0, 0.1) is 11.3 Å². The highest BCUT2D eigenvalue weighted by Gasteiger charge is 2.34. The molecule has 5 nitrogen and oxygen atoms in total. The molecule has 0 atom stereocenters. The first kappa shape index (κ1) is 7.84. The van der Waals surface area contributed by atoms with Gasteiger partial charge < -0.3 is 16.2 Å². The number of nitrogens with one attached hydrogen (secondary N) is 2. The van der Waals surface area contributed by atoms with Gasteiger partial charge in [0.25, 0.3) is 0 Å². The van der Waals surface area contributed by atoms with Gasteiger partial charge in [0.15, 0.2) is 5.96 Å². The zero-order valence-corrected chi connectivity index (χ0v) is 6.00. The average Bonchev–Trinajstić information content (AvgIpc) is 1.75. The minimum Gasteiger partial charge on any atom is -0.481 e. The summed E-state index contributed by atoms with van der Waals surface area (Å²) >= 11 is 0. The number of rotatable bonds is 2. The van der Waals surface area contributed by atoms with Gasteiger partial charge in [-0.3, -0.25) is 10.2 Å². The molecule has 11 heavy (non-hydrogen) atoms. The second-order valence-corrected chi connectivity index (χ2v) is 2.76. The number of carboxylic acids is 1.